The Balaban J connectivity index is 1.67. The largest absolute Gasteiger partial charge is 0.298 e. The first-order valence-corrected chi connectivity index (χ1v) is 9.46. The number of nitriles is 1. The zero-order chi connectivity index (χ0) is 20.3. The van der Waals surface area contributed by atoms with Crippen LogP contribution in [0.15, 0.2) is 79.5 Å². The van der Waals surface area contributed by atoms with Gasteiger partial charge in [0.15, 0.2) is 0 Å². The lowest BCUT2D eigenvalue weighted by molar-refractivity contribution is 1.09. The van der Waals surface area contributed by atoms with Crippen LogP contribution in [-0.2, 0) is 6.42 Å². The first-order chi connectivity index (χ1) is 14.8. The molecule has 0 saturated carbocycles. The molecule has 5 aromatic rings. The standard InChI is InChI=1S/C25H15N5/c26-11-10-18-3-1-5-21(13-18)30-17-29-24-16-28-23-9-8-19(14-22(23)25(24)30)6-7-20-4-2-12-27-15-20/h1-5,8-9,12-17H,10H2. The summed E-state index contributed by atoms with van der Waals surface area (Å²) in [5, 5.41) is 10.0. The van der Waals surface area contributed by atoms with Crippen LogP contribution >= 0.6 is 0 Å². The molecule has 0 radical (unpaired) electrons. The Morgan fingerprint density at radius 1 is 0.867 bits per heavy atom. The summed E-state index contributed by atoms with van der Waals surface area (Å²) < 4.78 is 2.04. The molecule has 0 fully saturated rings. The van der Waals surface area contributed by atoms with Crippen molar-refractivity contribution in [3.8, 4) is 23.6 Å². The van der Waals surface area contributed by atoms with Crippen molar-refractivity contribution in [1.29, 1.82) is 5.26 Å². The molecule has 0 bridgehead atoms. The van der Waals surface area contributed by atoms with Crippen LogP contribution in [-0.4, -0.2) is 19.5 Å². The third kappa shape index (κ3) is 3.26. The molecular weight excluding hydrogens is 370 g/mol. The van der Waals surface area contributed by atoms with Gasteiger partial charge in [0.1, 0.15) is 11.8 Å². The predicted molar refractivity (Wildman–Crippen MR) is 116 cm³/mol. The predicted octanol–water partition coefficient (Wildman–Crippen LogP) is 4.43. The topological polar surface area (TPSA) is 67.4 Å². The van der Waals surface area contributed by atoms with E-state index in [1.165, 1.54) is 0 Å². The number of fused-ring (bicyclic) bond motifs is 3. The van der Waals surface area contributed by atoms with Crippen LogP contribution in [0.2, 0.25) is 0 Å². The van der Waals surface area contributed by atoms with E-state index < -0.39 is 0 Å². The summed E-state index contributed by atoms with van der Waals surface area (Å²) in [4.78, 5) is 13.2. The summed E-state index contributed by atoms with van der Waals surface area (Å²) in [5.41, 5.74) is 6.36. The smallest absolute Gasteiger partial charge is 0.108 e. The number of nitrogens with zero attached hydrogens (tertiary/aromatic N) is 5. The highest BCUT2D eigenvalue weighted by molar-refractivity contribution is 6.03. The number of imidazole rings is 1. The molecule has 5 rings (SSSR count). The van der Waals surface area contributed by atoms with Crippen molar-refractivity contribution in [2.75, 3.05) is 0 Å². The molecular formula is C25H15N5. The van der Waals surface area contributed by atoms with E-state index >= 15 is 0 Å². The van der Waals surface area contributed by atoms with E-state index in [-0.39, 0.29) is 0 Å². The van der Waals surface area contributed by atoms with Gasteiger partial charge in [0, 0.05) is 34.6 Å². The lowest BCUT2D eigenvalue weighted by Gasteiger charge is -2.08. The summed E-state index contributed by atoms with van der Waals surface area (Å²) in [7, 11) is 0. The number of benzene rings is 2. The molecule has 0 aliphatic carbocycles. The van der Waals surface area contributed by atoms with E-state index in [2.05, 4.69) is 32.9 Å². The van der Waals surface area contributed by atoms with Crippen molar-refractivity contribution < 1.29 is 0 Å². The zero-order valence-electron chi connectivity index (χ0n) is 15.9. The Hall–Kier alpha value is -4.48. The number of aromatic nitrogens is 4. The molecule has 0 amide bonds. The van der Waals surface area contributed by atoms with E-state index in [0.717, 1.165) is 44.3 Å². The van der Waals surface area contributed by atoms with Crippen molar-refractivity contribution in [2.24, 2.45) is 0 Å². The molecule has 3 aromatic heterocycles. The summed E-state index contributed by atoms with van der Waals surface area (Å²) in [6.07, 6.45) is 7.43. The van der Waals surface area contributed by atoms with E-state index in [0.29, 0.717) is 6.42 Å². The summed E-state index contributed by atoms with van der Waals surface area (Å²) >= 11 is 0. The lowest BCUT2D eigenvalue weighted by Crippen LogP contribution is -1.95. The minimum atomic E-state index is 0.372. The highest BCUT2D eigenvalue weighted by Gasteiger charge is 2.11. The van der Waals surface area contributed by atoms with Gasteiger partial charge in [-0.1, -0.05) is 24.0 Å². The Labute approximate surface area is 173 Å². The molecule has 0 N–H and O–H groups in total. The SMILES string of the molecule is N#CCc1cccc(-n2cnc3cnc4ccc(C#Cc5cccnc5)cc4c32)c1. The van der Waals surface area contributed by atoms with Gasteiger partial charge < -0.3 is 0 Å². The molecule has 2 aromatic carbocycles. The second kappa shape index (κ2) is 7.50. The summed E-state index contributed by atoms with van der Waals surface area (Å²) in [5.74, 6) is 6.36. The van der Waals surface area contributed by atoms with Crippen LogP contribution < -0.4 is 0 Å². The van der Waals surface area contributed by atoms with Gasteiger partial charge >= 0.3 is 0 Å². The Kier molecular flexibility index (Phi) is 4.40. The minimum absolute atomic E-state index is 0.372. The first kappa shape index (κ1) is 17.6. The number of pyridine rings is 2. The second-order valence-corrected chi connectivity index (χ2v) is 6.84. The molecule has 3 heterocycles. The van der Waals surface area contributed by atoms with Crippen molar-refractivity contribution in [1.82, 2.24) is 19.5 Å². The highest BCUT2D eigenvalue weighted by Crippen LogP contribution is 2.27. The average Bonchev–Trinajstić information content (AvgIpc) is 3.23. The van der Waals surface area contributed by atoms with Gasteiger partial charge in [-0.3, -0.25) is 14.5 Å². The maximum absolute atomic E-state index is 9.02. The van der Waals surface area contributed by atoms with Gasteiger partial charge in [-0.15, -0.1) is 0 Å². The monoisotopic (exact) mass is 385 g/mol. The van der Waals surface area contributed by atoms with Gasteiger partial charge in [0.25, 0.3) is 0 Å². The number of hydrogen-bond acceptors (Lipinski definition) is 4. The molecule has 0 aliphatic heterocycles. The molecule has 0 spiro atoms. The Bertz CT molecular complexity index is 1480. The Morgan fingerprint density at radius 2 is 1.80 bits per heavy atom. The van der Waals surface area contributed by atoms with E-state index in [1.54, 1.807) is 24.9 Å². The fourth-order valence-electron chi connectivity index (χ4n) is 3.46. The van der Waals surface area contributed by atoms with Crippen molar-refractivity contribution in [3.05, 3.63) is 96.2 Å². The highest BCUT2D eigenvalue weighted by atomic mass is 15.1. The molecule has 0 unspecified atom stereocenters. The molecule has 140 valence electrons. The van der Waals surface area contributed by atoms with Gasteiger partial charge in [-0.2, -0.15) is 5.26 Å². The fourth-order valence-corrected chi connectivity index (χ4v) is 3.46. The zero-order valence-corrected chi connectivity index (χ0v) is 15.9. The van der Waals surface area contributed by atoms with Crippen LogP contribution in [0.4, 0.5) is 0 Å². The maximum atomic E-state index is 9.02. The van der Waals surface area contributed by atoms with Crippen LogP contribution in [0.25, 0.3) is 27.6 Å². The van der Waals surface area contributed by atoms with Crippen molar-refractivity contribution in [3.63, 3.8) is 0 Å². The number of rotatable bonds is 2. The third-order valence-electron chi connectivity index (χ3n) is 4.86. The summed E-state index contributed by atoms with van der Waals surface area (Å²) in [6.45, 7) is 0. The first-order valence-electron chi connectivity index (χ1n) is 9.46. The third-order valence-corrected chi connectivity index (χ3v) is 4.86. The van der Waals surface area contributed by atoms with E-state index in [4.69, 9.17) is 5.26 Å². The summed E-state index contributed by atoms with van der Waals surface area (Å²) in [6, 6.07) is 20.0. The van der Waals surface area contributed by atoms with Gasteiger partial charge in [0.2, 0.25) is 0 Å². The maximum Gasteiger partial charge on any atom is 0.108 e. The van der Waals surface area contributed by atoms with Crippen LogP contribution in [0.5, 0.6) is 0 Å². The Morgan fingerprint density at radius 3 is 2.67 bits per heavy atom. The van der Waals surface area contributed by atoms with Gasteiger partial charge in [-0.25, -0.2) is 4.98 Å². The molecule has 0 atom stereocenters. The lowest BCUT2D eigenvalue weighted by atomic mass is 10.1. The van der Waals surface area contributed by atoms with Crippen LogP contribution in [0, 0.1) is 23.2 Å². The molecule has 5 nitrogen and oxygen atoms in total. The van der Waals surface area contributed by atoms with Crippen LogP contribution in [0.1, 0.15) is 16.7 Å². The molecule has 30 heavy (non-hydrogen) atoms. The van der Waals surface area contributed by atoms with Gasteiger partial charge in [0.05, 0.1) is 29.7 Å². The molecule has 0 saturated heterocycles. The average molecular weight is 385 g/mol. The van der Waals surface area contributed by atoms with E-state index in [1.807, 2.05) is 59.2 Å². The molecule has 0 aliphatic rings. The van der Waals surface area contributed by atoms with Crippen molar-refractivity contribution >= 4 is 21.9 Å². The van der Waals surface area contributed by atoms with Crippen molar-refractivity contribution in [2.45, 2.75) is 6.42 Å². The number of hydrogen-bond donors (Lipinski definition) is 0. The van der Waals surface area contributed by atoms with Crippen LogP contribution in [0.3, 0.4) is 0 Å². The quantitative estimate of drug-likeness (QED) is 0.422. The van der Waals surface area contributed by atoms with Gasteiger partial charge in [-0.05, 0) is 48.0 Å². The fraction of sp³-hybridized carbons (Fsp3) is 0.0400. The normalized spacial score (nSPS) is 10.5. The van der Waals surface area contributed by atoms with E-state index in [9.17, 15) is 0 Å². The minimum Gasteiger partial charge on any atom is -0.298 e. The molecule has 5 heteroatoms. The second-order valence-electron chi connectivity index (χ2n) is 6.84.